The van der Waals surface area contributed by atoms with Gasteiger partial charge < -0.3 is 15.4 Å². The van der Waals surface area contributed by atoms with E-state index >= 15 is 0 Å². The zero-order valence-electron chi connectivity index (χ0n) is 17.5. The van der Waals surface area contributed by atoms with E-state index in [-0.39, 0.29) is 30.8 Å². The molecule has 1 aromatic carbocycles. The van der Waals surface area contributed by atoms with E-state index < -0.39 is 17.6 Å². The standard InChI is InChI=1S/C22H31N3O4/c1-22(2,3)29-19(26)14-25-18-12-8-7-11-17(18)24(13-16(23)21(25)28)20(27)15-9-5-4-6-10-15/h7-8,11-12,15-16H,4-6,9-10,13-14,23H2,1-3H3. The van der Waals surface area contributed by atoms with Crippen LogP contribution in [0, 0.1) is 5.92 Å². The SMILES string of the molecule is CC(C)(C)OC(=O)CN1C(=O)C(N)CN(C(=O)C2CCCCC2)c2ccccc21. The van der Waals surface area contributed by atoms with Crippen LogP contribution in [-0.2, 0) is 19.1 Å². The number of amides is 2. The van der Waals surface area contributed by atoms with Crippen LogP contribution < -0.4 is 15.5 Å². The summed E-state index contributed by atoms with van der Waals surface area (Å²) in [5, 5.41) is 0. The molecule has 2 amide bonds. The Morgan fingerprint density at radius 1 is 1.10 bits per heavy atom. The first-order valence-corrected chi connectivity index (χ1v) is 10.4. The maximum Gasteiger partial charge on any atom is 0.326 e. The molecule has 1 atom stereocenters. The Bertz CT molecular complexity index is 781. The number of anilines is 2. The fourth-order valence-electron chi connectivity index (χ4n) is 4.06. The molecule has 1 unspecified atom stereocenters. The summed E-state index contributed by atoms with van der Waals surface area (Å²) in [6.45, 7) is 5.19. The number of nitrogens with two attached hydrogens (primary N) is 1. The third kappa shape index (κ3) is 4.96. The van der Waals surface area contributed by atoms with E-state index in [1.54, 1.807) is 37.8 Å². The first-order chi connectivity index (χ1) is 13.7. The van der Waals surface area contributed by atoms with Gasteiger partial charge in [0.1, 0.15) is 18.2 Å². The number of rotatable bonds is 3. The summed E-state index contributed by atoms with van der Waals surface area (Å²) in [7, 11) is 0. The molecule has 1 aliphatic heterocycles. The molecule has 0 bridgehead atoms. The van der Waals surface area contributed by atoms with E-state index in [1.165, 1.54) is 4.90 Å². The normalized spacial score (nSPS) is 20.8. The first-order valence-electron chi connectivity index (χ1n) is 10.4. The maximum atomic E-state index is 13.3. The largest absolute Gasteiger partial charge is 0.459 e. The van der Waals surface area contributed by atoms with Crippen LogP contribution in [-0.4, -0.2) is 42.5 Å². The van der Waals surface area contributed by atoms with Crippen molar-refractivity contribution >= 4 is 29.2 Å². The number of carbonyl (C=O) groups is 3. The predicted octanol–water partition coefficient (Wildman–Crippen LogP) is 2.62. The molecule has 1 heterocycles. The van der Waals surface area contributed by atoms with Gasteiger partial charge in [-0.15, -0.1) is 0 Å². The van der Waals surface area contributed by atoms with E-state index in [1.807, 2.05) is 12.1 Å². The van der Waals surface area contributed by atoms with Crippen molar-refractivity contribution in [2.45, 2.75) is 64.5 Å². The van der Waals surface area contributed by atoms with Gasteiger partial charge in [0, 0.05) is 5.92 Å². The van der Waals surface area contributed by atoms with E-state index in [4.69, 9.17) is 10.5 Å². The molecule has 0 saturated heterocycles. The van der Waals surface area contributed by atoms with Crippen LogP contribution in [0.2, 0.25) is 0 Å². The van der Waals surface area contributed by atoms with E-state index in [0.717, 1.165) is 32.1 Å². The molecular weight excluding hydrogens is 370 g/mol. The Hall–Kier alpha value is -2.41. The average Bonchev–Trinajstić information content (AvgIpc) is 2.77. The number of hydrogen-bond donors (Lipinski definition) is 1. The molecule has 1 saturated carbocycles. The summed E-state index contributed by atoms with van der Waals surface area (Å²) in [4.78, 5) is 41.7. The smallest absolute Gasteiger partial charge is 0.326 e. The molecule has 7 heteroatoms. The van der Waals surface area contributed by atoms with Crippen LogP contribution in [0.4, 0.5) is 11.4 Å². The maximum absolute atomic E-state index is 13.3. The number of hydrogen-bond acceptors (Lipinski definition) is 5. The zero-order valence-corrected chi connectivity index (χ0v) is 17.5. The molecule has 1 aliphatic carbocycles. The molecule has 1 aromatic rings. The van der Waals surface area contributed by atoms with Crippen molar-refractivity contribution in [2.24, 2.45) is 11.7 Å². The Labute approximate surface area is 172 Å². The fourth-order valence-corrected chi connectivity index (χ4v) is 4.06. The minimum Gasteiger partial charge on any atom is -0.459 e. The summed E-state index contributed by atoms with van der Waals surface area (Å²) in [5.74, 6) is -0.932. The second kappa shape index (κ2) is 8.53. The van der Waals surface area contributed by atoms with Crippen molar-refractivity contribution < 1.29 is 19.1 Å². The molecule has 2 aliphatic rings. The Morgan fingerprint density at radius 3 is 2.34 bits per heavy atom. The van der Waals surface area contributed by atoms with Gasteiger partial charge in [-0.1, -0.05) is 31.4 Å². The van der Waals surface area contributed by atoms with Crippen LogP contribution in [0.5, 0.6) is 0 Å². The highest BCUT2D eigenvalue weighted by atomic mass is 16.6. The molecule has 7 nitrogen and oxygen atoms in total. The fraction of sp³-hybridized carbons (Fsp3) is 0.591. The van der Waals surface area contributed by atoms with Crippen molar-refractivity contribution in [3.8, 4) is 0 Å². The molecule has 0 radical (unpaired) electrons. The van der Waals surface area contributed by atoms with Gasteiger partial charge in [-0.3, -0.25) is 19.3 Å². The Kier molecular flexibility index (Phi) is 6.27. The average molecular weight is 402 g/mol. The van der Waals surface area contributed by atoms with Gasteiger partial charge in [-0.2, -0.15) is 0 Å². The minimum absolute atomic E-state index is 0.0134. The molecule has 2 N–H and O–H groups in total. The third-order valence-electron chi connectivity index (χ3n) is 5.35. The summed E-state index contributed by atoms with van der Waals surface area (Å²) in [6, 6.07) is 6.26. The number of nitrogens with zero attached hydrogens (tertiary/aromatic N) is 2. The number of para-hydroxylation sites is 2. The number of carbonyl (C=O) groups excluding carboxylic acids is 3. The molecular formula is C22H31N3O4. The predicted molar refractivity (Wildman–Crippen MR) is 112 cm³/mol. The van der Waals surface area contributed by atoms with Gasteiger partial charge >= 0.3 is 5.97 Å². The van der Waals surface area contributed by atoms with Gasteiger partial charge in [0.15, 0.2) is 0 Å². The highest BCUT2D eigenvalue weighted by Gasteiger charge is 2.37. The van der Waals surface area contributed by atoms with Crippen molar-refractivity contribution in [2.75, 3.05) is 22.9 Å². The lowest BCUT2D eigenvalue weighted by molar-refractivity contribution is -0.153. The molecule has 0 spiro atoms. The lowest BCUT2D eigenvalue weighted by atomic mass is 9.88. The minimum atomic E-state index is -0.905. The quantitative estimate of drug-likeness (QED) is 0.786. The number of benzene rings is 1. The first kappa shape index (κ1) is 21.3. The van der Waals surface area contributed by atoms with E-state index in [9.17, 15) is 14.4 Å². The second-order valence-electron chi connectivity index (χ2n) is 8.89. The summed E-state index contributed by atoms with van der Waals surface area (Å²) >= 11 is 0. The summed E-state index contributed by atoms with van der Waals surface area (Å²) in [6.07, 6.45) is 4.97. The van der Waals surface area contributed by atoms with Gasteiger partial charge in [-0.05, 0) is 45.7 Å². The van der Waals surface area contributed by atoms with Crippen molar-refractivity contribution in [1.29, 1.82) is 0 Å². The lowest BCUT2D eigenvalue weighted by Gasteiger charge is -2.30. The van der Waals surface area contributed by atoms with Gasteiger partial charge in [0.2, 0.25) is 11.8 Å². The Balaban J connectivity index is 1.93. The zero-order chi connectivity index (χ0) is 21.2. The van der Waals surface area contributed by atoms with E-state index in [0.29, 0.717) is 11.4 Å². The lowest BCUT2D eigenvalue weighted by Crippen LogP contribution is -2.50. The van der Waals surface area contributed by atoms with Crippen LogP contribution in [0.1, 0.15) is 52.9 Å². The van der Waals surface area contributed by atoms with E-state index in [2.05, 4.69) is 0 Å². The van der Waals surface area contributed by atoms with Crippen LogP contribution >= 0.6 is 0 Å². The van der Waals surface area contributed by atoms with Crippen LogP contribution in [0.3, 0.4) is 0 Å². The number of ether oxygens (including phenoxy) is 1. The van der Waals surface area contributed by atoms with Gasteiger partial charge in [-0.25, -0.2) is 0 Å². The van der Waals surface area contributed by atoms with Gasteiger partial charge in [0.05, 0.1) is 17.9 Å². The van der Waals surface area contributed by atoms with Crippen LogP contribution in [0.25, 0.3) is 0 Å². The molecule has 1 fully saturated rings. The monoisotopic (exact) mass is 401 g/mol. The highest BCUT2D eigenvalue weighted by molar-refractivity contribution is 6.09. The molecule has 0 aromatic heterocycles. The molecule has 158 valence electrons. The summed E-state index contributed by atoms with van der Waals surface area (Å²) < 4.78 is 5.40. The molecule has 3 rings (SSSR count). The number of esters is 1. The second-order valence-corrected chi connectivity index (χ2v) is 8.89. The van der Waals surface area contributed by atoms with Crippen molar-refractivity contribution in [3.05, 3.63) is 24.3 Å². The van der Waals surface area contributed by atoms with Crippen LogP contribution in [0.15, 0.2) is 24.3 Å². The van der Waals surface area contributed by atoms with Gasteiger partial charge in [0.25, 0.3) is 0 Å². The topological polar surface area (TPSA) is 92.9 Å². The third-order valence-corrected chi connectivity index (χ3v) is 5.35. The highest BCUT2D eigenvalue weighted by Crippen LogP contribution is 2.35. The summed E-state index contributed by atoms with van der Waals surface area (Å²) in [5.41, 5.74) is 6.65. The van der Waals surface area contributed by atoms with Crippen molar-refractivity contribution in [3.63, 3.8) is 0 Å². The molecule has 29 heavy (non-hydrogen) atoms. The number of fused-ring (bicyclic) bond motifs is 1. The Morgan fingerprint density at radius 2 is 1.72 bits per heavy atom. The van der Waals surface area contributed by atoms with Crippen molar-refractivity contribution in [1.82, 2.24) is 0 Å².